The summed E-state index contributed by atoms with van der Waals surface area (Å²) in [6, 6.07) is 1.06. The number of ketones is 2. The van der Waals surface area contributed by atoms with Gasteiger partial charge in [-0.15, -0.1) is 0 Å². The SMILES string of the molecule is NC(=O)C1=C(O)[C@@H](N)[C@@H]2C[C@]3(CO)Cc4c(N)ccc(O)c4C(=O)C3=C(O)[C@]2(O)C1=O. The van der Waals surface area contributed by atoms with E-state index < -0.39 is 75.5 Å². The van der Waals surface area contributed by atoms with Crippen LogP contribution < -0.4 is 17.2 Å². The van der Waals surface area contributed by atoms with Gasteiger partial charge < -0.3 is 42.7 Å². The van der Waals surface area contributed by atoms with Gasteiger partial charge in [-0.3, -0.25) is 14.4 Å². The molecule has 0 heterocycles. The summed E-state index contributed by atoms with van der Waals surface area (Å²) in [6.07, 6.45) is -0.437. The third kappa shape index (κ3) is 2.36. The van der Waals surface area contributed by atoms with Crippen LogP contribution in [0.25, 0.3) is 0 Å². The first-order valence-electron chi connectivity index (χ1n) is 9.38. The van der Waals surface area contributed by atoms with Crippen LogP contribution in [0.4, 0.5) is 5.69 Å². The number of carbonyl (C=O) groups excluding carboxylic acids is 3. The molecule has 0 radical (unpaired) electrons. The van der Waals surface area contributed by atoms with E-state index in [1.807, 2.05) is 0 Å². The van der Waals surface area contributed by atoms with Crippen LogP contribution in [0.3, 0.4) is 0 Å². The average molecular weight is 431 g/mol. The first-order chi connectivity index (χ1) is 14.4. The fourth-order valence-corrected chi connectivity index (χ4v) is 5.12. The molecule has 1 amide bonds. The van der Waals surface area contributed by atoms with Gasteiger partial charge in [-0.05, 0) is 30.5 Å². The monoisotopic (exact) mass is 431 g/mol. The Hall–Kier alpha value is -3.41. The third-order valence-corrected chi connectivity index (χ3v) is 6.70. The molecular formula is C20H21N3O8. The van der Waals surface area contributed by atoms with E-state index in [1.165, 1.54) is 12.1 Å². The van der Waals surface area contributed by atoms with E-state index in [0.717, 1.165) is 0 Å². The average Bonchev–Trinajstić information content (AvgIpc) is 2.71. The zero-order valence-electron chi connectivity index (χ0n) is 16.1. The van der Waals surface area contributed by atoms with Crippen molar-refractivity contribution in [1.29, 1.82) is 0 Å². The van der Waals surface area contributed by atoms with Crippen molar-refractivity contribution in [2.75, 3.05) is 12.3 Å². The molecule has 0 unspecified atom stereocenters. The molecule has 0 aliphatic heterocycles. The third-order valence-electron chi connectivity index (χ3n) is 6.70. The number of nitrogen functional groups attached to an aromatic ring is 1. The zero-order valence-corrected chi connectivity index (χ0v) is 16.1. The van der Waals surface area contributed by atoms with E-state index in [-0.39, 0.29) is 29.7 Å². The number of Topliss-reactive ketones (excluding diaryl/α,β-unsaturated/α-hetero) is 2. The first kappa shape index (κ1) is 20.8. The fraction of sp³-hybridized carbons (Fsp3) is 0.350. The van der Waals surface area contributed by atoms with E-state index in [9.17, 15) is 39.9 Å². The Morgan fingerprint density at radius 3 is 2.42 bits per heavy atom. The van der Waals surface area contributed by atoms with E-state index in [4.69, 9.17) is 17.2 Å². The Labute approximate surface area is 175 Å². The maximum Gasteiger partial charge on any atom is 0.255 e. The number of carbonyl (C=O) groups is 3. The van der Waals surface area contributed by atoms with Crippen molar-refractivity contribution in [2.24, 2.45) is 22.8 Å². The van der Waals surface area contributed by atoms with Crippen LogP contribution in [-0.2, 0) is 16.0 Å². The molecule has 3 aliphatic rings. The molecule has 3 aliphatic carbocycles. The summed E-state index contributed by atoms with van der Waals surface area (Å²) < 4.78 is 0. The van der Waals surface area contributed by atoms with E-state index in [2.05, 4.69) is 0 Å². The van der Waals surface area contributed by atoms with Gasteiger partial charge in [-0.2, -0.15) is 0 Å². The van der Waals surface area contributed by atoms with Crippen LogP contribution in [0.15, 0.2) is 34.8 Å². The lowest BCUT2D eigenvalue weighted by Gasteiger charge is -2.52. The Morgan fingerprint density at radius 1 is 1.19 bits per heavy atom. The molecule has 1 aromatic carbocycles. The molecule has 1 aromatic rings. The number of hydrogen-bond donors (Lipinski definition) is 8. The smallest absolute Gasteiger partial charge is 0.255 e. The second-order valence-corrected chi connectivity index (χ2v) is 8.25. The molecule has 11 heteroatoms. The van der Waals surface area contributed by atoms with Gasteiger partial charge in [-0.25, -0.2) is 0 Å². The van der Waals surface area contributed by atoms with Crippen molar-refractivity contribution in [3.63, 3.8) is 0 Å². The topological polar surface area (TPSA) is 230 Å². The molecule has 0 spiro atoms. The number of aliphatic hydroxyl groups is 4. The van der Waals surface area contributed by atoms with E-state index in [1.54, 1.807) is 0 Å². The van der Waals surface area contributed by atoms with Gasteiger partial charge in [0.25, 0.3) is 5.91 Å². The molecule has 4 atom stereocenters. The fourth-order valence-electron chi connectivity index (χ4n) is 5.12. The summed E-state index contributed by atoms with van der Waals surface area (Å²) in [7, 11) is 0. The van der Waals surface area contributed by atoms with Gasteiger partial charge in [0.05, 0.1) is 23.8 Å². The number of hydrogen-bond acceptors (Lipinski definition) is 10. The molecule has 0 saturated carbocycles. The highest BCUT2D eigenvalue weighted by Gasteiger charge is 2.65. The number of aromatic hydroxyl groups is 1. The van der Waals surface area contributed by atoms with Gasteiger partial charge in [0, 0.05) is 17.0 Å². The van der Waals surface area contributed by atoms with Crippen molar-refractivity contribution in [1.82, 2.24) is 0 Å². The first-order valence-corrected chi connectivity index (χ1v) is 9.38. The Bertz CT molecular complexity index is 1140. The number of phenols is 1. The summed E-state index contributed by atoms with van der Waals surface area (Å²) in [5, 5.41) is 53.1. The molecule has 164 valence electrons. The summed E-state index contributed by atoms with van der Waals surface area (Å²) in [4.78, 5) is 38.0. The lowest BCUT2D eigenvalue weighted by atomic mass is 9.53. The Morgan fingerprint density at radius 2 is 1.84 bits per heavy atom. The van der Waals surface area contributed by atoms with Crippen LogP contribution in [0.2, 0.25) is 0 Å². The zero-order chi connectivity index (χ0) is 23.0. The minimum atomic E-state index is -2.84. The number of amides is 1. The van der Waals surface area contributed by atoms with Gasteiger partial charge in [0.2, 0.25) is 5.78 Å². The standard InChI is InChI=1S/C20H21N3O8/c21-8-1-2-9(25)10-6(8)3-19(5-24)4-7-13(22)15(27)11(18(23)30)16(28)20(7,31)17(29)12(19)14(10)26/h1-2,7,13,24-25,27,29,31H,3-5,21-22H2,(H2,23,30)/t7-,13-,19-,20+/m0/s1. The van der Waals surface area contributed by atoms with Crippen LogP contribution in [0.1, 0.15) is 22.3 Å². The number of benzene rings is 1. The van der Waals surface area contributed by atoms with Gasteiger partial charge >= 0.3 is 0 Å². The quantitative estimate of drug-likeness (QED) is 0.153. The number of nitrogens with two attached hydrogens (primary N) is 3. The van der Waals surface area contributed by atoms with Crippen molar-refractivity contribution in [3.05, 3.63) is 45.9 Å². The Balaban J connectivity index is 2.04. The van der Waals surface area contributed by atoms with Crippen LogP contribution in [0, 0.1) is 11.3 Å². The maximum atomic E-state index is 13.3. The Kier molecular flexibility index (Phi) is 4.23. The molecule has 11 N–H and O–H groups in total. The largest absolute Gasteiger partial charge is 0.510 e. The van der Waals surface area contributed by atoms with Crippen LogP contribution in [0.5, 0.6) is 5.75 Å². The molecule has 11 nitrogen and oxygen atoms in total. The lowest BCUT2D eigenvalue weighted by Crippen LogP contribution is -2.65. The number of anilines is 1. The highest BCUT2D eigenvalue weighted by molar-refractivity contribution is 6.25. The van der Waals surface area contributed by atoms with Crippen molar-refractivity contribution >= 4 is 23.2 Å². The summed E-state index contributed by atoms with van der Waals surface area (Å²) >= 11 is 0. The number of aliphatic hydroxyl groups excluding tert-OH is 3. The normalized spacial score (nSPS) is 32.5. The lowest BCUT2D eigenvalue weighted by molar-refractivity contribution is -0.147. The predicted molar refractivity (Wildman–Crippen MR) is 105 cm³/mol. The van der Waals surface area contributed by atoms with Crippen molar-refractivity contribution in [3.8, 4) is 5.75 Å². The highest BCUT2D eigenvalue weighted by atomic mass is 16.3. The van der Waals surface area contributed by atoms with Crippen LogP contribution in [-0.4, -0.2) is 61.3 Å². The van der Waals surface area contributed by atoms with Crippen molar-refractivity contribution in [2.45, 2.75) is 24.5 Å². The number of rotatable bonds is 2. The molecule has 31 heavy (non-hydrogen) atoms. The van der Waals surface area contributed by atoms with Gasteiger partial charge in [0.15, 0.2) is 11.4 Å². The van der Waals surface area contributed by atoms with E-state index >= 15 is 0 Å². The minimum Gasteiger partial charge on any atom is -0.510 e. The second-order valence-electron chi connectivity index (χ2n) is 8.25. The summed E-state index contributed by atoms with van der Waals surface area (Å²) in [5.41, 5.74) is 11.5. The summed E-state index contributed by atoms with van der Waals surface area (Å²) in [6.45, 7) is -0.701. The van der Waals surface area contributed by atoms with Crippen molar-refractivity contribution < 1.29 is 39.9 Å². The molecule has 4 rings (SSSR count). The van der Waals surface area contributed by atoms with Crippen LogP contribution >= 0.6 is 0 Å². The molecular weight excluding hydrogens is 410 g/mol. The molecule has 0 bridgehead atoms. The molecule has 0 fully saturated rings. The highest BCUT2D eigenvalue weighted by Crippen LogP contribution is 2.57. The van der Waals surface area contributed by atoms with E-state index in [0.29, 0.717) is 0 Å². The minimum absolute atomic E-state index is 0.120. The van der Waals surface area contributed by atoms with Gasteiger partial charge in [0.1, 0.15) is 22.8 Å². The molecule has 0 aromatic heterocycles. The van der Waals surface area contributed by atoms with Gasteiger partial charge in [-0.1, -0.05) is 0 Å². The number of phenolic OH excluding ortho intramolecular Hbond substituents is 1. The maximum absolute atomic E-state index is 13.3. The number of fused-ring (bicyclic) bond motifs is 3. The second kappa shape index (κ2) is 6.30. The number of primary amides is 1. The summed E-state index contributed by atoms with van der Waals surface area (Å²) in [5.74, 6) is -7.50. The predicted octanol–water partition coefficient (Wildman–Crippen LogP) is -1.54. The molecule has 0 saturated heterocycles.